The zero-order valence-electron chi connectivity index (χ0n) is 8.60. The van der Waals surface area contributed by atoms with Crippen LogP contribution in [0, 0.1) is 0 Å². The van der Waals surface area contributed by atoms with Gasteiger partial charge in [-0.3, -0.25) is 4.79 Å². The van der Waals surface area contributed by atoms with Gasteiger partial charge in [0, 0.05) is 25.7 Å². The molecule has 2 rings (SSSR count). The number of aliphatic hydroxyl groups excluding tert-OH is 1. The molecule has 3 N–H and O–H groups in total. The van der Waals surface area contributed by atoms with Crippen molar-refractivity contribution in [1.29, 1.82) is 0 Å². The first-order valence-electron chi connectivity index (χ1n) is 4.90. The monoisotopic (exact) mass is 206 g/mol. The molecule has 1 aliphatic rings. The van der Waals surface area contributed by atoms with E-state index in [1.165, 1.54) is 0 Å². The largest absolute Gasteiger partial charge is 0.387 e. The lowest BCUT2D eigenvalue weighted by Gasteiger charge is -2.08. The second-order valence-corrected chi connectivity index (χ2v) is 3.83. The molecule has 0 spiro atoms. The third-order valence-corrected chi connectivity index (χ3v) is 2.73. The smallest absolute Gasteiger partial charge is 0.254 e. The van der Waals surface area contributed by atoms with Gasteiger partial charge >= 0.3 is 0 Å². The summed E-state index contributed by atoms with van der Waals surface area (Å²) < 4.78 is 0. The molecule has 1 amide bonds. The van der Waals surface area contributed by atoms with Crippen molar-refractivity contribution in [3.05, 3.63) is 34.9 Å². The molecule has 0 saturated carbocycles. The van der Waals surface area contributed by atoms with Crippen LogP contribution in [0.5, 0.6) is 0 Å². The highest BCUT2D eigenvalue weighted by Gasteiger charge is 2.24. The van der Waals surface area contributed by atoms with Gasteiger partial charge in [0.1, 0.15) is 0 Å². The zero-order valence-corrected chi connectivity index (χ0v) is 8.60. The lowest BCUT2D eigenvalue weighted by molar-refractivity contribution is 0.0816. The molecule has 1 aromatic carbocycles. The molecule has 0 saturated heterocycles. The van der Waals surface area contributed by atoms with Gasteiger partial charge in [0.05, 0.1) is 6.10 Å². The number of hydrogen-bond acceptors (Lipinski definition) is 3. The Morgan fingerprint density at radius 3 is 3.00 bits per heavy atom. The summed E-state index contributed by atoms with van der Waals surface area (Å²) in [6.45, 7) is 0.815. The van der Waals surface area contributed by atoms with Gasteiger partial charge in [-0.2, -0.15) is 0 Å². The maximum absolute atomic E-state index is 11.7. The Hall–Kier alpha value is -1.39. The van der Waals surface area contributed by atoms with E-state index >= 15 is 0 Å². The molecule has 0 bridgehead atoms. The Morgan fingerprint density at radius 1 is 1.60 bits per heavy atom. The van der Waals surface area contributed by atoms with E-state index in [9.17, 15) is 9.90 Å². The summed E-state index contributed by atoms with van der Waals surface area (Å²) in [6.07, 6.45) is -0.686. The normalized spacial score (nSPS) is 16.7. The van der Waals surface area contributed by atoms with E-state index in [1.54, 1.807) is 18.0 Å². The number of carbonyl (C=O) groups excluding carboxylic acids is 1. The molecule has 0 fully saturated rings. The number of rotatable bonds is 2. The second kappa shape index (κ2) is 3.64. The SMILES string of the molecule is CN1Cc2ccc(C(O)CN)cc2C1=O. The van der Waals surface area contributed by atoms with Crippen LogP contribution in [0.2, 0.25) is 0 Å². The molecular formula is C11H14N2O2. The third kappa shape index (κ3) is 1.62. The number of hydrogen-bond donors (Lipinski definition) is 2. The van der Waals surface area contributed by atoms with Crippen LogP contribution in [0.25, 0.3) is 0 Å². The fourth-order valence-corrected chi connectivity index (χ4v) is 1.81. The number of carbonyl (C=O) groups is 1. The van der Waals surface area contributed by atoms with E-state index in [1.807, 2.05) is 12.1 Å². The molecule has 4 heteroatoms. The molecule has 1 heterocycles. The number of amides is 1. The van der Waals surface area contributed by atoms with Gasteiger partial charge in [-0.1, -0.05) is 12.1 Å². The standard InChI is InChI=1S/C11H14N2O2/c1-13-6-8-3-2-7(10(14)5-12)4-9(8)11(13)15/h2-4,10,14H,5-6,12H2,1H3. The van der Waals surface area contributed by atoms with E-state index in [0.717, 1.165) is 5.56 Å². The first kappa shape index (κ1) is 10.1. The molecule has 1 unspecified atom stereocenters. The van der Waals surface area contributed by atoms with E-state index in [2.05, 4.69) is 0 Å². The zero-order chi connectivity index (χ0) is 11.0. The van der Waals surface area contributed by atoms with E-state index in [0.29, 0.717) is 17.7 Å². The van der Waals surface area contributed by atoms with Crippen LogP contribution in [-0.4, -0.2) is 29.5 Å². The first-order chi connectivity index (χ1) is 7.13. The fourth-order valence-electron chi connectivity index (χ4n) is 1.81. The lowest BCUT2D eigenvalue weighted by atomic mass is 10.0. The van der Waals surface area contributed by atoms with Gasteiger partial charge in [0.25, 0.3) is 5.91 Å². The summed E-state index contributed by atoms with van der Waals surface area (Å²) in [5.74, 6) is 0.0103. The maximum Gasteiger partial charge on any atom is 0.254 e. The number of aliphatic hydroxyl groups is 1. The van der Waals surface area contributed by atoms with Crippen LogP contribution >= 0.6 is 0 Å². The van der Waals surface area contributed by atoms with Crippen molar-refractivity contribution in [2.45, 2.75) is 12.6 Å². The van der Waals surface area contributed by atoms with Gasteiger partial charge in [-0.15, -0.1) is 0 Å². The van der Waals surface area contributed by atoms with Crippen molar-refractivity contribution >= 4 is 5.91 Å². The molecule has 1 aromatic rings. The lowest BCUT2D eigenvalue weighted by Crippen LogP contribution is -2.17. The van der Waals surface area contributed by atoms with Gasteiger partial charge < -0.3 is 15.7 Å². The molecule has 80 valence electrons. The molecule has 0 radical (unpaired) electrons. The average Bonchev–Trinajstić information content (AvgIpc) is 2.54. The topological polar surface area (TPSA) is 66.6 Å². The second-order valence-electron chi connectivity index (χ2n) is 3.83. The van der Waals surface area contributed by atoms with E-state index in [4.69, 9.17) is 5.73 Å². The van der Waals surface area contributed by atoms with Crippen LogP contribution < -0.4 is 5.73 Å². The van der Waals surface area contributed by atoms with Crippen molar-refractivity contribution in [3.63, 3.8) is 0 Å². The summed E-state index contributed by atoms with van der Waals surface area (Å²) in [6, 6.07) is 5.44. The van der Waals surface area contributed by atoms with Crippen molar-refractivity contribution in [1.82, 2.24) is 4.90 Å². The Bertz CT molecular complexity index is 404. The summed E-state index contributed by atoms with van der Waals surface area (Å²) in [5, 5.41) is 9.56. The summed E-state index contributed by atoms with van der Waals surface area (Å²) >= 11 is 0. The minimum atomic E-state index is -0.686. The first-order valence-corrected chi connectivity index (χ1v) is 4.90. The Labute approximate surface area is 88.3 Å². The summed E-state index contributed by atoms with van der Waals surface area (Å²) in [5.41, 5.74) is 7.77. The highest BCUT2D eigenvalue weighted by molar-refractivity contribution is 5.98. The molecule has 0 aromatic heterocycles. The molecule has 15 heavy (non-hydrogen) atoms. The minimum Gasteiger partial charge on any atom is -0.387 e. The third-order valence-electron chi connectivity index (χ3n) is 2.73. The van der Waals surface area contributed by atoms with Crippen LogP contribution in [0.3, 0.4) is 0 Å². The summed E-state index contributed by atoms with van der Waals surface area (Å²) in [4.78, 5) is 13.3. The van der Waals surface area contributed by atoms with Gasteiger partial charge in [-0.05, 0) is 17.2 Å². The maximum atomic E-state index is 11.7. The fraction of sp³-hybridized carbons (Fsp3) is 0.364. The summed E-state index contributed by atoms with van der Waals surface area (Å²) in [7, 11) is 1.77. The molecule has 1 aliphatic heterocycles. The molecule has 0 aliphatic carbocycles. The van der Waals surface area contributed by atoms with Gasteiger partial charge in [-0.25, -0.2) is 0 Å². The number of benzene rings is 1. The number of fused-ring (bicyclic) bond motifs is 1. The van der Waals surface area contributed by atoms with E-state index in [-0.39, 0.29) is 12.5 Å². The Balaban J connectivity index is 2.39. The predicted molar refractivity (Wildman–Crippen MR) is 56.3 cm³/mol. The van der Waals surface area contributed by atoms with Crippen LogP contribution in [-0.2, 0) is 6.54 Å². The van der Waals surface area contributed by atoms with Gasteiger partial charge in [0.15, 0.2) is 0 Å². The molecular weight excluding hydrogens is 192 g/mol. The number of nitrogens with zero attached hydrogens (tertiary/aromatic N) is 1. The highest BCUT2D eigenvalue weighted by Crippen LogP contribution is 2.24. The average molecular weight is 206 g/mol. The van der Waals surface area contributed by atoms with Crippen LogP contribution in [0.1, 0.15) is 27.6 Å². The Morgan fingerprint density at radius 2 is 2.33 bits per heavy atom. The molecule has 4 nitrogen and oxygen atoms in total. The highest BCUT2D eigenvalue weighted by atomic mass is 16.3. The van der Waals surface area contributed by atoms with Crippen molar-refractivity contribution in [2.24, 2.45) is 5.73 Å². The van der Waals surface area contributed by atoms with Crippen LogP contribution in [0.15, 0.2) is 18.2 Å². The quantitative estimate of drug-likeness (QED) is 0.729. The Kier molecular flexibility index (Phi) is 2.46. The van der Waals surface area contributed by atoms with Crippen molar-refractivity contribution in [2.75, 3.05) is 13.6 Å². The predicted octanol–water partition coefficient (Wildman–Crippen LogP) is 0.264. The van der Waals surface area contributed by atoms with Crippen molar-refractivity contribution in [3.8, 4) is 0 Å². The van der Waals surface area contributed by atoms with Crippen molar-refractivity contribution < 1.29 is 9.90 Å². The van der Waals surface area contributed by atoms with E-state index < -0.39 is 6.10 Å². The van der Waals surface area contributed by atoms with Gasteiger partial charge in [0.2, 0.25) is 0 Å². The van der Waals surface area contributed by atoms with Crippen LogP contribution in [0.4, 0.5) is 0 Å². The molecule has 1 atom stereocenters. The number of nitrogens with two attached hydrogens (primary N) is 1. The minimum absolute atomic E-state index is 0.0103.